The second kappa shape index (κ2) is 6.90. The van der Waals surface area contributed by atoms with Crippen molar-refractivity contribution in [2.75, 3.05) is 39.2 Å². The van der Waals surface area contributed by atoms with Crippen molar-refractivity contribution < 1.29 is 9.53 Å². The van der Waals surface area contributed by atoms with Crippen molar-refractivity contribution >= 4 is 23.3 Å². The summed E-state index contributed by atoms with van der Waals surface area (Å²) in [5.74, 6) is 1.24. The number of anilines is 1. The SMILES string of the molecule is CNc1cc(C(=O)N(C)CCOCC2CC2)cc(Cl)n1. The molecule has 1 aromatic rings. The van der Waals surface area contributed by atoms with Crippen LogP contribution in [0.25, 0.3) is 0 Å². The summed E-state index contributed by atoms with van der Waals surface area (Å²) in [6, 6.07) is 3.27. The number of carbonyl (C=O) groups excluding carboxylic acids is 1. The molecule has 0 unspecified atom stereocenters. The van der Waals surface area contributed by atoms with Crippen molar-refractivity contribution in [1.82, 2.24) is 9.88 Å². The van der Waals surface area contributed by atoms with Crippen molar-refractivity contribution in [1.29, 1.82) is 0 Å². The molecule has 1 heterocycles. The van der Waals surface area contributed by atoms with Crippen LogP contribution in [0.2, 0.25) is 5.15 Å². The fraction of sp³-hybridized carbons (Fsp3) is 0.571. The maximum atomic E-state index is 12.3. The van der Waals surface area contributed by atoms with E-state index in [1.165, 1.54) is 12.8 Å². The lowest BCUT2D eigenvalue weighted by Gasteiger charge is -2.17. The fourth-order valence-electron chi connectivity index (χ4n) is 1.81. The quantitative estimate of drug-likeness (QED) is 0.620. The Morgan fingerprint density at radius 1 is 1.55 bits per heavy atom. The Morgan fingerprint density at radius 2 is 2.30 bits per heavy atom. The Balaban J connectivity index is 1.86. The largest absolute Gasteiger partial charge is 0.379 e. The molecular formula is C14H20ClN3O2. The van der Waals surface area contributed by atoms with Gasteiger partial charge in [0.15, 0.2) is 0 Å². The van der Waals surface area contributed by atoms with Crippen molar-refractivity contribution in [3.05, 3.63) is 22.8 Å². The maximum Gasteiger partial charge on any atom is 0.253 e. The maximum absolute atomic E-state index is 12.3. The molecule has 20 heavy (non-hydrogen) atoms. The minimum Gasteiger partial charge on any atom is -0.379 e. The van der Waals surface area contributed by atoms with E-state index in [1.807, 2.05) is 0 Å². The van der Waals surface area contributed by atoms with Gasteiger partial charge in [-0.2, -0.15) is 0 Å². The summed E-state index contributed by atoms with van der Waals surface area (Å²) in [6.45, 7) is 1.95. The van der Waals surface area contributed by atoms with Crippen molar-refractivity contribution in [2.24, 2.45) is 5.92 Å². The first-order chi connectivity index (χ1) is 9.60. The Morgan fingerprint density at radius 3 is 2.95 bits per heavy atom. The number of pyridine rings is 1. The van der Waals surface area contributed by atoms with Gasteiger partial charge < -0.3 is 15.0 Å². The molecule has 0 bridgehead atoms. The highest BCUT2D eigenvalue weighted by molar-refractivity contribution is 6.29. The number of rotatable bonds is 7. The van der Waals surface area contributed by atoms with Crippen molar-refractivity contribution in [3.8, 4) is 0 Å². The molecule has 0 atom stereocenters. The number of carbonyl (C=O) groups is 1. The Bertz CT molecular complexity index is 477. The number of halogens is 1. The van der Waals surface area contributed by atoms with Gasteiger partial charge in [0.05, 0.1) is 6.61 Å². The number of ether oxygens (including phenoxy) is 1. The topological polar surface area (TPSA) is 54.5 Å². The van der Waals surface area contributed by atoms with E-state index >= 15 is 0 Å². The smallest absolute Gasteiger partial charge is 0.253 e. The molecule has 0 saturated heterocycles. The molecule has 0 radical (unpaired) electrons. The zero-order valence-electron chi connectivity index (χ0n) is 11.9. The predicted molar refractivity (Wildman–Crippen MR) is 79.3 cm³/mol. The van der Waals surface area contributed by atoms with Crippen LogP contribution in [0.1, 0.15) is 23.2 Å². The van der Waals surface area contributed by atoms with E-state index < -0.39 is 0 Å². The fourth-order valence-corrected chi connectivity index (χ4v) is 2.01. The first-order valence-electron chi connectivity index (χ1n) is 6.78. The van der Waals surface area contributed by atoms with Crippen LogP contribution in [-0.4, -0.2) is 49.6 Å². The van der Waals surface area contributed by atoms with E-state index in [9.17, 15) is 4.79 Å². The summed E-state index contributed by atoms with van der Waals surface area (Å²) in [4.78, 5) is 18.0. The normalized spacial score (nSPS) is 14.2. The molecule has 1 aliphatic rings. The van der Waals surface area contributed by atoms with Crippen molar-refractivity contribution in [3.63, 3.8) is 0 Å². The summed E-state index contributed by atoms with van der Waals surface area (Å²) in [5.41, 5.74) is 0.527. The second-order valence-electron chi connectivity index (χ2n) is 5.06. The van der Waals surface area contributed by atoms with Gasteiger partial charge in [0.1, 0.15) is 11.0 Å². The lowest BCUT2D eigenvalue weighted by Crippen LogP contribution is -2.30. The van der Waals surface area contributed by atoms with Crippen LogP contribution >= 0.6 is 11.6 Å². The molecule has 2 rings (SSSR count). The average Bonchev–Trinajstić information content (AvgIpc) is 3.25. The molecule has 1 saturated carbocycles. The first-order valence-corrected chi connectivity index (χ1v) is 7.16. The molecule has 0 aliphatic heterocycles. The van der Waals surface area contributed by atoms with Gasteiger partial charge in [-0.15, -0.1) is 0 Å². The van der Waals surface area contributed by atoms with Crippen molar-refractivity contribution in [2.45, 2.75) is 12.8 Å². The average molecular weight is 298 g/mol. The highest BCUT2D eigenvalue weighted by atomic mass is 35.5. The molecule has 6 heteroatoms. The van der Waals surface area contributed by atoms with E-state index in [2.05, 4.69) is 10.3 Å². The van der Waals surface area contributed by atoms with E-state index in [4.69, 9.17) is 16.3 Å². The highest BCUT2D eigenvalue weighted by Gasteiger charge is 2.21. The number of nitrogens with one attached hydrogen (secondary N) is 1. The Hall–Kier alpha value is -1.33. The molecule has 0 spiro atoms. The summed E-state index contributed by atoms with van der Waals surface area (Å²) < 4.78 is 5.54. The number of aromatic nitrogens is 1. The van der Waals surface area contributed by atoms with Gasteiger partial charge in [0.25, 0.3) is 5.91 Å². The number of amides is 1. The predicted octanol–water partition coefficient (Wildman–Crippen LogP) is 2.28. The molecule has 1 fully saturated rings. The highest BCUT2D eigenvalue weighted by Crippen LogP contribution is 2.28. The van der Waals surface area contributed by atoms with Crippen LogP contribution in [0.4, 0.5) is 5.82 Å². The number of likely N-dealkylation sites (N-methyl/N-ethyl adjacent to an activating group) is 1. The molecule has 1 aliphatic carbocycles. The van der Waals surface area contributed by atoms with Crippen LogP contribution in [0.3, 0.4) is 0 Å². The third kappa shape index (κ3) is 4.35. The van der Waals surface area contributed by atoms with E-state index in [1.54, 1.807) is 31.1 Å². The summed E-state index contributed by atoms with van der Waals surface area (Å²) >= 11 is 5.90. The Kier molecular flexibility index (Phi) is 5.20. The summed E-state index contributed by atoms with van der Waals surface area (Å²) in [5, 5.41) is 3.19. The third-order valence-electron chi connectivity index (χ3n) is 3.27. The van der Waals surface area contributed by atoms with Gasteiger partial charge in [0, 0.05) is 32.8 Å². The summed E-state index contributed by atoms with van der Waals surface area (Å²) in [6.07, 6.45) is 2.55. The zero-order chi connectivity index (χ0) is 14.5. The van der Waals surface area contributed by atoms with E-state index in [0.717, 1.165) is 12.5 Å². The lowest BCUT2D eigenvalue weighted by molar-refractivity contribution is 0.0681. The molecular weight excluding hydrogens is 278 g/mol. The molecule has 1 N–H and O–H groups in total. The molecule has 1 aromatic heterocycles. The molecule has 0 aromatic carbocycles. The number of nitrogens with zero attached hydrogens (tertiary/aromatic N) is 2. The van der Waals surface area contributed by atoms with Gasteiger partial charge >= 0.3 is 0 Å². The lowest BCUT2D eigenvalue weighted by atomic mass is 10.2. The van der Waals surface area contributed by atoms with E-state index in [-0.39, 0.29) is 5.91 Å². The standard InChI is InChI=1S/C14H20ClN3O2/c1-16-13-8-11(7-12(15)17-13)14(19)18(2)5-6-20-9-10-3-4-10/h7-8,10H,3-6,9H2,1-2H3,(H,16,17). The van der Waals surface area contributed by atoms with Crippen LogP contribution in [0, 0.1) is 5.92 Å². The van der Waals surface area contributed by atoms with Crippen LogP contribution in [-0.2, 0) is 4.74 Å². The molecule has 5 nitrogen and oxygen atoms in total. The number of hydrogen-bond acceptors (Lipinski definition) is 4. The Labute approximate surface area is 124 Å². The minimum atomic E-state index is -0.0826. The van der Waals surface area contributed by atoms with Gasteiger partial charge in [-0.3, -0.25) is 4.79 Å². The zero-order valence-corrected chi connectivity index (χ0v) is 12.6. The monoisotopic (exact) mass is 297 g/mol. The van der Waals surface area contributed by atoms with Gasteiger partial charge in [-0.25, -0.2) is 4.98 Å². The first kappa shape index (κ1) is 15.1. The minimum absolute atomic E-state index is 0.0826. The van der Waals surface area contributed by atoms with E-state index in [0.29, 0.717) is 29.7 Å². The molecule has 1 amide bonds. The van der Waals surface area contributed by atoms with Gasteiger partial charge in [-0.05, 0) is 30.9 Å². The van der Waals surface area contributed by atoms with Gasteiger partial charge in [-0.1, -0.05) is 11.6 Å². The number of hydrogen-bond donors (Lipinski definition) is 1. The van der Waals surface area contributed by atoms with Crippen LogP contribution < -0.4 is 5.32 Å². The molecule has 110 valence electrons. The second-order valence-corrected chi connectivity index (χ2v) is 5.45. The summed E-state index contributed by atoms with van der Waals surface area (Å²) in [7, 11) is 3.50. The van der Waals surface area contributed by atoms with Crippen LogP contribution in [0.15, 0.2) is 12.1 Å². The van der Waals surface area contributed by atoms with Gasteiger partial charge in [0.2, 0.25) is 0 Å². The third-order valence-corrected chi connectivity index (χ3v) is 3.46. The van der Waals surface area contributed by atoms with Crippen LogP contribution in [0.5, 0.6) is 0 Å².